The molecule has 0 spiro atoms. The van der Waals surface area contributed by atoms with Crippen LogP contribution >= 0.6 is 0 Å². The highest BCUT2D eigenvalue weighted by Gasteiger charge is 2.24. The molecule has 0 saturated heterocycles. The van der Waals surface area contributed by atoms with Crippen molar-refractivity contribution in [1.82, 2.24) is 0 Å². The minimum Gasteiger partial charge on any atom is -0.494 e. The first-order valence-electron chi connectivity index (χ1n) is 8.63. The zero-order valence-corrected chi connectivity index (χ0v) is 15.7. The lowest BCUT2D eigenvalue weighted by molar-refractivity contribution is -0.118. The number of fused-ring (bicyclic) bond motifs is 1. The van der Waals surface area contributed by atoms with Gasteiger partial charge in [0.05, 0.1) is 17.2 Å². The van der Waals surface area contributed by atoms with E-state index < -0.39 is 10.0 Å². The minimum absolute atomic E-state index is 0.0373. The molecule has 3 rings (SSSR count). The van der Waals surface area contributed by atoms with Crippen LogP contribution < -0.4 is 14.4 Å². The number of ether oxygens (including phenoxy) is 1. The lowest BCUT2D eigenvalue weighted by Crippen LogP contribution is -2.27. The van der Waals surface area contributed by atoms with Gasteiger partial charge in [0, 0.05) is 18.7 Å². The first-order valence-corrected chi connectivity index (χ1v) is 10.1. The molecule has 0 saturated carbocycles. The molecule has 1 amide bonds. The van der Waals surface area contributed by atoms with Gasteiger partial charge in [-0.05, 0) is 55.3 Å². The molecule has 0 aliphatic carbocycles. The van der Waals surface area contributed by atoms with Gasteiger partial charge in [-0.2, -0.15) is 0 Å². The fourth-order valence-electron chi connectivity index (χ4n) is 2.99. The maximum Gasteiger partial charge on any atom is 0.261 e. The summed E-state index contributed by atoms with van der Waals surface area (Å²) >= 11 is 0. The van der Waals surface area contributed by atoms with E-state index in [0.29, 0.717) is 31.0 Å². The molecule has 1 N–H and O–H groups in total. The van der Waals surface area contributed by atoms with Crippen molar-refractivity contribution >= 4 is 27.3 Å². The molecule has 0 atom stereocenters. The molecule has 0 bridgehead atoms. The Kier molecular flexibility index (Phi) is 5.18. The van der Waals surface area contributed by atoms with Crippen molar-refractivity contribution in [2.24, 2.45) is 0 Å². The van der Waals surface area contributed by atoms with E-state index in [1.165, 1.54) is 12.1 Å². The number of anilines is 2. The number of benzene rings is 2. The number of carbonyl (C=O) groups is 1. The average molecular weight is 374 g/mol. The lowest BCUT2D eigenvalue weighted by Gasteiger charge is -2.17. The van der Waals surface area contributed by atoms with E-state index in [9.17, 15) is 13.2 Å². The molecule has 0 unspecified atom stereocenters. The normalized spacial score (nSPS) is 13.4. The number of nitrogens with zero attached hydrogens (tertiary/aromatic N) is 1. The Bertz CT molecular complexity index is 908. The van der Waals surface area contributed by atoms with Crippen molar-refractivity contribution in [3.63, 3.8) is 0 Å². The van der Waals surface area contributed by atoms with Crippen LogP contribution in [0.2, 0.25) is 0 Å². The molecule has 2 aromatic rings. The van der Waals surface area contributed by atoms with E-state index in [0.717, 1.165) is 17.7 Å². The van der Waals surface area contributed by atoms with Crippen LogP contribution in [0.25, 0.3) is 0 Å². The number of hydrogen-bond donors (Lipinski definition) is 1. The summed E-state index contributed by atoms with van der Waals surface area (Å²) in [5.41, 5.74) is 2.27. The first-order chi connectivity index (χ1) is 12.4. The monoisotopic (exact) mass is 374 g/mol. The van der Waals surface area contributed by atoms with E-state index in [2.05, 4.69) is 4.72 Å². The molecule has 7 heteroatoms. The number of rotatable bonds is 6. The Labute approximate surface area is 153 Å². The van der Waals surface area contributed by atoms with Crippen molar-refractivity contribution in [2.45, 2.75) is 31.6 Å². The summed E-state index contributed by atoms with van der Waals surface area (Å²) < 4.78 is 33.1. The van der Waals surface area contributed by atoms with E-state index in [1.807, 2.05) is 19.9 Å². The molecule has 0 radical (unpaired) electrons. The Morgan fingerprint density at radius 2 is 1.88 bits per heavy atom. The van der Waals surface area contributed by atoms with Crippen LogP contribution in [0.1, 0.15) is 25.8 Å². The largest absolute Gasteiger partial charge is 0.494 e. The van der Waals surface area contributed by atoms with Gasteiger partial charge in [0.1, 0.15) is 5.75 Å². The Hall–Kier alpha value is -2.54. The second-order valence-electron chi connectivity index (χ2n) is 6.00. The summed E-state index contributed by atoms with van der Waals surface area (Å²) in [7, 11) is -3.71. The van der Waals surface area contributed by atoms with Gasteiger partial charge in [-0.15, -0.1) is 0 Å². The zero-order valence-electron chi connectivity index (χ0n) is 14.9. The fourth-order valence-corrected chi connectivity index (χ4v) is 4.04. The van der Waals surface area contributed by atoms with E-state index >= 15 is 0 Å². The molecule has 0 aromatic heterocycles. The molecule has 1 heterocycles. The zero-order chi connectivity index (χ0) is 18.7. The number of amides is 1. The molecular formula is C19H22N2O4S. The quantitative estimate of drug-likeness (QED) is 0.843. The van der Waals surface area contributed by atoms with E-state index in [-0.39, 0.29) is 10.8 Å². The molecule has 2 aromatic carbocycles. The third-order valence-corrected chi connectivity index (χ3v) is 5.68. The van der Waals surface area contributed by atoms with Crippen LogP contribution in [0.15, 0.2) is 47.4 Å². The Morgan fingerprint density at radius 3 is 2.54 bits per heavy atom. The average Bonchev–Trinajstić information content (AvgIpc) is 3.04. The van der Waals surface area contributed by atoms with Crippen molar-refractivity contribution in [1.29, 1.82) is 0 Å². The van der Waals surface area contributed by atoms with Gasteiger partial charge in [0.25, 0.3) is 10.0 Å². The lowest BCUT2D eigenvalue weighted by atomic mass is 10.1. The summed E-state index contributed by atoms with van der Waals surface area (Å²) in [6.45, 7) is 4.84. The van der Waals surface area contributed by atoms with Crippen LogP contribution in [0.5, 0.6) is 5.75 Å². The van der Waals surface area contributed by atoms with Crippen LogP contribution in [0.4, 0.5) is 11.4 Å². The van der Waals surface area contributed by atoms with Crippen LogP contribution in [0.3, 0.4) is 0 Å². The minimum atomic E-state index is -3.71. The SMILES string of the molecule is CCOc1ccc(S(=O)(=O)Nc2ccc3c(c2)N(C(=O)CC)CC3)cc1. The van der Waals surface area contributed by atoms with Gasteiger partial charge in [-0.3, -0.25) is 9.52 Å². The van der Waals surface area contributed by atoms with Gasteiger partial charge < -0.3 is 9.64 Å². The summed E-state index contributed by atoms with van der Waals surface area (Å²) in [6.07, 6.45) is 1.20. The third-order valence-electron chi connectivity index (χ3n) is 4.28. The molecule has 0 fully saturated rings. The predicted molar refractivity (Wildman–Crippen MR) is 101 cm³/mol. The van der Waals surface area contributed by atoms with Gasteiger partial charge in [0.2, 0.25) is 5.91 Å². The molecular weight excluding hydrogens is 352 g/mol. The fraction of sp³-hybridized carbons (Fsp3) is 0.316. The summed E-state index contributed by atoms with van der Waals surface area (Å²) in [5, 5.41) is 0. The van der Waals surface area contributed by atoms with Gasteiger partial charge >= 0.3 is 0 Å². The maximum absolute atomic E-state index is 12.6. The predicted octanol–water partition coefficient (Wildman–Crippen LogP) is 3.19. The maximum atomic E-state index is 12.6. The van der Waals surface area contributed by atoms with Crippen LogP contribution in [-0.2, 0) is 21.2 Å². The van der Waals surface area contributed by atoms with Gasteiger partial charge in [-0.25, -0.2) is 8.42 Å². The Morgan fingerprint density at radius 1 is 1.15 bits per heavy atom. The number of sulfonamides is 1. The summed E-state index contributed by atoms with van der Waals surface area (Å²) in [5.74, 6) is 0.660. The highest BCUT2D eigenvalue weighted by Crippen LogP contribution is 2.32. The number of hydrogen-bond acceptors (Lipinski definition) is 4. The third kappa shape index (κ3) is 3.67. The van der Waals surface area contributed by atoms with Crippen molar-refractivity contribution in [2.75, 3.05) is 22.8 Å². The molecule has 138 valence electrons. The second kappa shape index (κ2) is 7.37. The highest BCUT2D eigenvalue weighted by molar-refractivity contribution is 7.92. The standard InChI is InChI=1S/C19H22N2O4S/c1-3-19(22)21-12-11-14-5-6-15(13-18(14)21)20-26(23,24)17-9-7-16(8-10-17)25-4-2/h5-10,13,20H,3-4,11-12H2,1-2H3. The van der Waals surface area contributed by atoms with E-state index in [4.69, 9.17) is 4.74 Å². The topological polar surface area (TPSA) is 75.7 Å². The molecule has 26 heavy (non-hydrogen) atoms. The van der Waals surface area contributed by atoms with Crippen molar-refractivity contribution in [3.8, 4) is 5.75 Å². The summed E-state index contributed by atoms with van der Waals surface area (Å²) in [4.78, 5) is 13.9. The second-order valence-corrected chi connectivity index (χ2v) is 7.68. The van der Waals surface area contributed by atoms with E-state index in [1.54, 1.807) is 29.2 Å². The van der Waals surface area contributed by atoms with Gasteiger partial charge in [0.15, 0.2) is 0 Å². The highest BCUT2D eigenvalue weighted by atomic mass is 32.2. The molecule has 6 nitrogen and oxygen atoms in total. The summed E-state index contributed by atoms with van der Waals surface area (Å²) in [6, 6.07) is 11.6. The smallest absolute Gasteiger partial charge is 0.261 e. The van der Waals surface area contributed by atoms with Crippen molar-refractivity contribution < 1.29 is 17.9 Å². The van der Waals surface area contributed by atoms with Gasteiger partial charge in [-0.1, -0.05) is 13.0 Å². The first kappa shape index (κ1) is 18.3. The number of carbonyl (C=O) groups excluding carboxylic acids is 1. The van der Waals surface area contributed by atoms with Crippen LogP contribution in [-0.4, -0.2) is 27.5 Å². The Balaban J connectivity index is 1.83. The number of nitrogens with one attached hydrogen (secondary N) is 1. The molecule has 1 aliphatic heterocycles. The van der Waals surface area contributed by atoms with Crippen molar-refractivity contribution in [3.05, 3.63) is 48.0 Å². The van der Waals surface area contributed by atoms with Crippen LogP contribution in [0, 0.1) is 0 Å². The molecule has 1 aliphatic rings.